The van der Waals surface area contributed by atoms with Gasteiger partial charge in [-0.15, -0.1) is 0 Å². The summed E-state index contributed by atoms with van der Waals surface area (Å²) in [5.41, 5.74) is -0.0726. The van der Waals surface area contributed by atoms with E-state index in [9.17, 15) is 24.4 Å². The van der Waals surface area contributed by atoms with Crippen LogP contribution in [0, 0.1) is 41.6 Å². The van der Waals surface area contributed by atoms with Gasteiger partial charge in [0.15, 0.2) is 0 Å². The maximum Gasteiger partial charge on any atom is 0.330 e. The summed E-state index contributed by atoms with van der Waals surface area (Å²) in [7, 11) is 0. The molecular formula is C41H50N2O9S2. The Balaban J connectivity index is 1.05. The summed E-state index contributed by atoms with van der Waals surface area (Å²) in [6, 6.07) is 5.17. The molecule has 3 aliphatic carbocycles. The molecule has 0 spiro atoms. The number of carbonyl (C=O) groups is 4. The molecule has 290 valence electrons. The van der Waals surface area contributed by atoms with Crippen LogP contribution in [-0.4, -0.2) is 49.3 Å². The van der Waals surface area contributed by atoms with Crippen molar-refractivity contribution in [1.82, 2.24) is 0 Å². The van der Waals surface area contributed by atoms with E-state index in [-0.39, 0.29) is 59.5 Å². The van der Waals surface area contributed by atoms with Crippen LogP contribution in [0.4, 0.5) is 0 Å². The quantitative estimate of drug-likeness (QED) is 0.0419. The third-order valence-electron chi connectivity index (χ3n) is 10.7. The van der Waals surface area contributed by atoms with Crippen LogP contribution >= 0.6 is 23.5 Å². The standard InChI is InChI=1S/C41H50N2O9S2/c1-4-35(44)49-24-8-6-5-7-23-48-30-17-13-28(14-18-30)38(45)50-31-19-15-29(16-20-31)40(47)52-34-22-21-33(51-39(46)27-11-9-26(2)10-12-27)36-37(34)54-41(53-36)32(25-42)43-3/h4,21-22,26-31H,1,5-20,23-24H2,2H3. The summed E-state index contributed by atoms with van der Waals surface area (Å²) in [5.74, 6) is -0.681. The van der Waals surface area contributed by atoms with Crippen LogP contribution in [0.3, 0.4) is 0 Å². The average Bonchev–Trinajstić information content (AvgIpc) is 3.64. The maximum atomic E-state index is 13.4. The highest BCUT2D eigenvalue weighted by atomic mass is 32.2. The Kier molecular flexibility index (Phi) is 15.9. The third kappa shape index (κ3) is 11.6. The largest absolute Gasteiger partial charge is 0.463 e. The first kappa shape index (κ1) is 41.4. The van der Waals surface area contributed by atoms with Gasteiger partial charge in [-0.3, -0.25) is 14.4 Å². The Morgan fingerprint density at radius 2 is 1.28 bits per heavy atom. The topological polar surface area (TPSA) is 143 Å². The van der Waals surface area contributed by atoms with Crippen LogP contribution in [0.15, 0.2) is 44.5 Å². The van der Waals surface area contributed by atoms with Gasteiger partial charge in [0, 0.05) is 12.7 Å². The fraction of sp³-hybridized carbons (Fsp3) is 0.610. The van der Waals surface area contributed by atoms with E-state index >= 15 is 0 Å². The lowest BCUT2D eigenvalue weighted by Gasteiger charge is -2.31. The lowest BCUT2D eigenvalue weighted by molar-refractivity contribution is -0.159. The van der Waals surface area contributed by atoms with E-state index < -0.39 is 0 Å². The summed E-state index contributed by atoms with van der Waals surface area (Å²) < 4.78 is 29.2. The Bertz CT molecular complexity index is 1620. The van der Waals surface area contributed by atoms with Gasteiger partial charge in [-0.1, -0.05) is 43.4 Å². The van der Waals surface area contributed by atoms with Gasteiger partial charge in [0.05, 0.1) is 57.1 Å². The zero-order valence-corrected chi connectivity index (χ0v) is 32.6. The number of thioether (sulfide) groups is 2. The van der Waals surface area contributed by atoms with Crippen molar-refractivity contribution < 1.29 is 42.9 Å². The number of unbranched alkanes of at least 4 members (excludes halogenated alkanes) is 3. The van der Waals surface area contributed by atoms with E-state index in [0.29, 0.717) is 70.3 Å². The van der Waals surface area contributed by atoms with Crippen LogP contribution in [0.25, 0.3) is 4.85 Å². The van der Waals surface area contributed by atoms with Gasteiger partial charge < -0.3 is 23.7 Å². The van der Waals surface area contributed by atoms with Crippen LogP contribution in [0.5, 0.6) is 11.5 Å². The minimum absolute atomic E-state index is 0.0726. The summed E-state index contributed by atoms with van der Waals surface area (Å²) in [4.78, 5) is 55.0. The van der Waals surface area contributed by atoms with Crippen molar-refractivity contribution in [3.63, 3.8) is 0 Å². The zero-order valence-electron chi connectivity index (χ0n) is 31.0. The van der Waals surface area contributed by atoms with Crippen LogP contribution in [-0.2, 0) is 33.4 Å². The molecule has 1 aromatic rings. The second-order valence-corrected chi connectivity index (χ2v) is 16.9. The molecule has 11 nitrogen and oxygen atoms in total. The number of nitrogens with zero attached hydrogens (tertiary/aromatic N) is 2. The lowest BCUT2D eigenvalue weighted by atomic mass is 9.83. The van der Waals surface area contributed by atoms with Gasteiger partial charge in [0.1, 0.15) is 17.6 Å². The Morgan fingerprint density at radius 1 is 0.778 bits per heavy atom. The fourth-order valence-corrected chi connectivity index (χ4v) is 9.83. The molecule has 0 bridgehead atoms. The number of rotatable bonds is 15. The minimum Gasteiger partial charge on any atom is -0.463 e. The number of esters is 4. The minimum atomic E-state index is -0.389. The van der Waals surface area contributed by atoms with E-state index in [4.69, 9.17) is 30.3 Å². The molecule has 1 aliphatic heterocycles. The molecule has 4 aliphatic rings. The Morgan fingerprint density at radius 3 is 1.80 bits per heavy atom. The van der Waals surface area contributed by atoms with E-state index in [1.807, 2.05) is 6.07 Å². The molecule has 0 unspecified atom stereocenters. The Hall–Kier alpha value is -3.78. The molecular weight excluding hydrogens is 729 g/mol. The van der Waals surface area contributed by atoms with Gasteiger partial charge in [0.2, 0.25) is 0 Å². The highest BCUT2D eigenvalue weighted by Crippen LogP contribution is 2.59. The van der Waals surface area contributed by atoms with Crippen molar-refractivity contribution in [1.29, 1.82) is 5.26 Å². The van der Waals surface area contributed by atoms with Crippen molar-refractivity contribution in [3.05, 3.63) is 46.1 Å². The predicted molar refractivity (Wildman–Crippen MR) is 203 cm³/mol. The molecule has 1 heterocycles. The molecule has 3 fully saturated rings. The van der Waals surface area contributed by atoms with Crippen molar-refractivity contribution in [2.75, 3.05) is 13.2 Å². The molecule has 1 aromatic carbocycles. The maximum absolute atomic E-state index is 13.4. The number of benzene rings is 1. The number of carbonyl (C=O) groups excluding carboxylic acids is 4. The molecule has 5 rings (SSSR count). The van der Waals surface area contributed by atoms with E-state index in [1.54, 1.807) is 12.1 Å². The number of fused-ring (bicyclic) bond motifs is 1. The summed E-state index contributed by atoms with van der Waals surface area (Å²) in [6.45, 7) is 14.1. The van der Waals surface area contributed by atoms with E-state index in [1.165, 1.54) is 29.6 Å². The Labute approximate surface area is 326 Å². The zero-order chi connectivity index (χ0) is 38.5. The smallest absolute Gasteiger partial charge is 0.330 e. The highest BCUT2D eigenvalue weighted by Gasteiger charge is 2.36. The first-order valence-electron chi connectivity index (χ1n) is 19.3. The third-order valence-corrected chi connectivity index (χ3v) is 13.3. The van der Waals surface area contributed by atoms with Crippen LogP contribution in [0.2, 0.25) is 0 Å². The molecule has 3 saturated carbocycles. The van der Waals surface area contributed by atoms with Gasteiger partial charge in [-0.2, -0.15) is 0 Å². The van der Waals surface area contributed by atoms with Gasteiger partial charge in [0.25, 0.3) is 5.70 Å². The van der Waals surface area contributed by atoms with Crippen molar-refractivity contribution >= 4 is 47.4 Å². The average molecular weight is 779 g/mol. The summed E-state index contributed by atoms with van der Waals surface area (Å²) in [5, 5.41) is 9.53. The molecule has 0 atom stereocenters. The molecule has 13 heteroatoms. The lowest BCUT2D eigenvalue weighted by Crippen LogP contribution is -2.33. The number of hydrogen-bond acceptors (Lipinski definition) is 12. The first-order chi connectivity index (χ1) is 26.2. The molecule has 0 aromatic heterocycles. The number of hydrogen-bond donors (Lipinski definition) is 0. The van der Waals surface area contributed by atoms with Crippen molar-refractivity contribution in [2.24, 2.45) is 23.7 Å². The van der Waals surface area contributed by atoms with Crippen molar-refractivity contribution in [3.8, 4) is 17.6 Å². The van der Waals surface area contributed by atoms with Gasteiger partial charge in [-0.05, 0) is 114 Å². The monoisotopic (exact) mass is 778 g/mol. The first-order valence-corrected chi connectivity index (χ1v) is 20.9. The number of ether oxygens (including phenoxy) is 5. The number of allylic oxidation sites excluding steroid dienone is 1. The highest BCUT2D eigenvalue weighted by molar-refractivity contribution is 8.24. The number of nitriles is 1. The summed E-state index contributed by atoms with van der Waals surface area (Å²) in [6.07, 6.45) is 13.7. The van der Waals surface area contributed by atoms with E-state index in [0.717, 1.165) is 77.0 Å². The van der Waals surface area contributed by atoms with Gasteiger partial charge >= 0.3 is 23.9 Å². The van der Waals surface area contributed by atoms with E-state index in [2.05, 4.69) is 18.3 Å². The predicted octanol–water partition coefficient (Wildman–Crippen LogP) is 9.10. The second-order valence-electron chi connectivity index (χ2n) is 14.6. The molecule has 0 N–H and O–H groups in total. The molecule has 54 heavy (non-hydrogen) atoms. The normalized spacial score (nSPS) is 25.9. The van der Waals surface area contributed by atoms with Gasteiger partial charge in [-0.25, -0.2) is 14.9 Å². The van der Waals surface area contributed by atoms with Crippen molar-refractivity contribution in [2.45, 2.75) is 132 Å². The van der Waals surface area contributed by atoms with Crippen LogP contribution < -0.4 is 9.47 Å². The van der Waals surface area contributed by atoms with Crippen LogP contribution in [0.1, 0.15) is 110 Å². The molecule has 0 radical (unpaired) electrons. The SMILES string of the molecule is [C-]#[N+]C(C#N)=C1Sc2c(OC(=O)C3CCC(C)CC3)ccc(OC(=O)C3CCC(OC(=O)C4CCC(OCCCCCCOC(=O)C=C)CC4)CC3)c2S1. The molecule has 0 saturated heterocycles. The summed E-state index contributed by atoms with van der Waals surface area (Å²) >= 11 is 2.35. The second kappa shape index (κ2) is 20.8. The fourth-order valence-electron chi connectivity index (χ4n) is 7.36. The molecule has 0 amide bonds.